The smallest absolute Gasteiger partial charge is 0.0667 e. The van der Waals surface area contributed by atoms with Crippen LogP contribution in [0.2, 0.25) is 0 Å². The Morgan fingerprint density at radius 1 is 0.231 bits per heavy atom. The molecular formula is C68H143N5O5. The number of nitrogens with one attached hydrogen (secondary N) is 2. The summed E-state index contributed by atoms with van der Waals surface area (Å²) in [6, 6.07) is 0. The van der Waals surface area contributed by atoms with Gasteiger partial charge in [0.1, 0.15) is 0 Å². The Kier molecular flexibility index (Phi) is 62.3. The number of hydrogen-bond acceptors (Lipinski definition) is 10. The van der Waals surface area contributed by atoms with Gasteiger partial charge in [-0.25, -0.2) is 0 Å². The largest absolute Gasteiger partial charge is 0.392 e. The standard InChI is InChI=1S/C68H143N5O5/c1-6-11-16-21-26-31-36-41-46-64(74)59-70-52-51-69-53-54-71(60-65(75)47-42-37-32-27-22-17-12-7-2)55-56-72(61-66(76)48-43-38-33-28-23-18-13-8-3)57-58-73(62-67(77)49-44-39-34-29-24-19-14-9-4)63-68(78)50-45-40-35-30-25-20-15-10-5/h64-70,74-78H,6-63H2,1-5H3. The van der Waals surface area contributed by atoms with Crippen LogP contribution in [-0.2, 0) is 0 Å². The molecule has 0 aromatic carbocycles. The predicted molar refractivity (Wildman–Crippen MR) is 341 cm³/mol. The third kappa shape index (κ3) is 57.4. The zero-order valence-electron chi connectivity index (χ0n) is 53.5. The minimum Gasteiger partial charge on any atom is -0.392 e. The average molecular weight is 1110 g/mol. The molecule has 0 bridgehead atoms. The van der Waals surface area contributed by atoms with Gasteiger partial charge in [0.2, 0.25) is 0 Å². The fourth-order valence-corrected chi connectivity index (χ4v) is 11.4. The topological polar surface area (TPSA) is 135 Å². The van der Waals surface area contributed by atoms with Gasteiger partial charge in [-0.1, -0.05) is 291 Å². The molecule has 10 nitrogen and oxygen atoms in total. The molecular weight excluding hydrogens is 967 g/mol. The first-order chi connectivity index (χ1) is 38.2. The summed E-state index contributed by atoms with van der Waals surface area (Å²) in [7, 11) is 0. The van der Waals surface area contributed by atoms with Gasteiger partial charge in [-0.3, -0.25) is 14.7 Å². The Morgan fingerprint density at radius 3 is 0.744 bits per heavy atom. The van der Waals surface area contributed by atoms with Crippen LogP contribution >= 0.6 is 0 Å². The van der Waals surface area contributed by atoms with E-state index in [0.29, 0.717) is 32.7 Å². The van der Waals surface area contributed by atoms with Crippen molar-refractivity contribution >= 4 is 0 Å². The number of aliphatic hydroxyl groups is 5. The molecule has 0 rings (SSSR count). The van der Waals surface area contributed by atoms with E-state index in [1.807, 2.05) is 0 Å². The quantitative estimate of drug-likeness (QED) is 0.0295. The van der Waals surface area contributed by atoms with Gasteiger partial charge in [0.15, 0.2) is 0 Å². The van der Waals surface area contributed by atoms with Crippen molar-refractivity contribution in [3.8, 4) is 0 Å². The van der Waals surface area contributed by atoms with Crippen LogP contribution < -0.4 is 10.6 Å². The van der Waals surface area contributed by atoms with Gasteiger partial charge < -0.3 is 36.2 Å². The molecule has 470 valence electrons. The van der Waals surface area contributed by atoms with E-state index in [9.17, 15) is 25.5 Å². The Labute approximate surface area is 488 Å². The molecule has 5 unspecified atom stereocenters. The highest BCUT2D eigenvalue weighted by Gasteiger charge is 2.21. The summed E-state index contributed by atoms with van der Waals surface area (Å²) in [5.74, 6) is 0. The average Bonchev–Trinajstić information content (AvgIpc) is 3.42. The van der Waals surface area contributed by atoms with E-state index in [-0.39, 0.29) is 12.2 Å². The maximum absolute atomic E-state index is 11.6. The van der Waals surface area contributed by atoms with Crippen LogP contribution in [0.5, 0.6) is 0 Å². The molecule has 7 N–H and O–H groups in total. The van der Waals surface area contributed by atoms with Crippen molar-refractivity contribution in [1.82, 2.24) is 25.3 Å². The summed E-state index contributed by atoms with van der Waals surface area (Å²) in [5, 5.41) is 63.8. The van der Waals surface area contributed by atoms with Crippen LogP contribution in [0, 0.1) is 0 Å². The Morgan fingerprint density at radius 2 is 0.449 bits per heavy atom. The van der Waals surface area contributed by atoms with E-state index in [2.05, 4.69) is 60.0 Å². The number of unbranched alkanes of at least 4 members (excludes halogenated alkanes) is 35. The van der Waals surface area contributed by atoms with Gasteiger partial charge in [0.05, 0.1) is 30.5 Å². The highest BCUT2D eigenvalue weighted by molar-refractivity contribution is 4.76. The van der Waals surface area contributed by atoms with Gasteiger partial charge in [-0.15, -0.1) is 0 Å². The van der Waals surface area contributed by atoms with E-state index >= 15 is 0 Å². The molecule has 0 aliphatic heterocycles. The zero-order valence-corrected chi connectivity index (χ0v) is 53.5. The number of nitrogens with zero attached hydrogens (tertiary/aromatic N) is 3. The van der Waals surface area contributed by atoms with Gasteiger partial charge in [0, 0.05) is 85.1 Å². The van der Waals surface area contributed by atoms with Gasteiger partial charge in [-0.2, -0.15) is 0 Å². The van der Waals surface area contributed by atoms with E-state index in [1.54, 1.807) is 0 Å². The van der Waals surface area contributed by atoms with E-state index < -0.39 is 18.3 Å². The second-order valence-corrected chi connectivity index (χ2v) is 24.9. The van der Waals surface area contributed by atoms with Crippen molar-refractivity contribution in [1.29, 1.82) is 0 Å². The van der Waals surface area contributed by atoms with Crippen molar-refractivity contribution in [2.75, 3.05) is 85.1 Å². The van der Waals surface area contributed by atoms with Gasteiger partial charge in [0.25, 0.3) is 0 Å². The second kappa shape index (κ2) is 62.6. The maximum Gasteiger partial charge on any atom is 0.0667 e. The van der Waals surface area contributed by atoms with E-state index in [4.69, 9.17) is 0 Å². The van der Waals surface area contributed by atoms with Crippen LogP contribution in [0.3, 0.4) is 0 Å². The van der Waals surface area contributed by atoms with Crippen molar-refractivity contribution in [2.45, 2.75) is 354 Å². The summed E-state index contributed by atoms with van der Waals surface area (Å²) in [4.78, 5) is 7.23. The molecule has 0 saturated heterocycles. The zero-order chi connectivity index (χ0) is 57.0. The Hall–Kier alpha value is -0.400. The lowest BCUT2D eigenvalue weighted by atomic mass is 10.0. The fraction of sp³-hybridized carbons (Fsp3) is 1.00. The molecule has 0 aliphatic carbocycles. The third-order valence-corrected chi connectivity index (χ3v) is 16.8. The first-order valence-corrected chi connectivity index (χ1v) is 35.2. The summed E-state index contributed by atoms with van der Waals surface area (Å²) in [5.41, 5.74) is 0. The Bertz CT molecular complexity index is 1100. The molecule has 0 aromatic rings. The lowest BCUT2D eigenvalue weighted by Crippen LogP contribution is -2.47. The minimum absolute atomic E-state index is 0.286. The minimum atomic E-state index is -0.410. The lowest BCUT2D eigenvalue weighted by molar-refractivity contribution is 0.0445. The molecule has 0 amide bonds. The molecule has 0 saturated carbocycles. The molecule has 0 fully saturated rings. The number of aliphatic hydroxyl groups excluding tert-OH is 5. The molecule has 0 heterocycles. The first-order valence-electron chi connectivity index (χ1n) is 35.2. The SMILES string of the molecule is CCCCCCCCCCC(O)CNCCNCCN(CCN(CCN(CC(O)CCCCCCCCCC)CC(O)CCCCCCCCCC)CC(O)CCCCCCCCCC)CC(O)CCCCCCCCCC. The first kappa shape index (κ1) is 77.6. The van der Waals surface area contributed by atoms with Crippen molar-refractivity contribution in [2.24, 2.45) is 0 Å². The third-order valence-electron chi connectivity index (χ3n) is 16.8. The summed E-state index contributed by atoms with van der Waals surface area (Å²) in [6.07, 6.45) is 52.8. The molecule has 0 aliphatic rings. The monoisotopic (exact) mass is 1110 g/mol. The number of hydrogen-bond donors (Lipinski definition) is 7. The van der Waals surface area contributed by atoms with Crippen LogP contribution in [-0.4, -0.2) is 156 Å². The molecule has 0 aromatic heterocycles. The Balaban J connectivity index is 5.86. The van der Waals surface area contributed by atoms with Gasteiger partial charge in [-0.05, 0) is 32.1 Å². The molecule has 0 radical (unpaired) electrons. The highest BCUT2D eigenvalue weighted by atomic mass is 16.3. The maximum atomic E-state index is 11.6. The predicted octanol–water partition coefficient (Wildman–Crippen LogP) is 15.5. The van der Waals surface area contributed by atoms with E-state index in [0.717, 1.165) is 117 Å². The van der Waals surface area contributed by atoms with Crippen LogP contribution in [0.25, 0.3) is 0 Å². The molecule has 10 heteroatoms. The highest BCUT2D eigenvalue weighted by Crippen LogP contribution is 2.17. The number of rotatable bonds is 67. The molecule has 0 spiro atoms. The van der Waals surface area contributed by atoms with Crippen LogP contribution in [0.4, 0.5) is 0 Å². The van der Waals surface area contributed by atoms with Crippen LogP contribution in [0.1, 0.15) is 324 Å². The van der Waals surface area contributed by atoms with Crippen LogP contribution in [0.15, 0.2) is 0 Å². The normalized spacial score (nSPS) is 14.1. The summed E-state index contributed by atoms with van der Waals surface area (Å²) in [6.45, 7) is 20.9. The molecule has 5 atom stereocenters. The summed E-state index contributed by atoms with van der Waals surface area (Å²) >= 11 is 0. The summed E-state index contributed by atoms with van der Waals surface area (Å²) < 4.78 is 0. The fourth-order valence-electron chi connectivity index (χ4n) is 11.4. The second-order valence-electron chi connectivity index (χ2n) is 24.9. The van der Waals surface area contributed by atoms with Crippen molar-refractivity contribution in [3.63, 3.8) is 0 Å². The van der Waals surface area contributed by atoms with Crippen molar-refractivity contribution < 1.29 is 25.5 Å². The molecule has 78 heavy (non-hydrogen) atoms. The van der Waals surface area contributed by atoms with Crippen molar-refractivity contribution in [3.05, 3.63) is 0 Å². The lowest BCUT2D eigenvalue weighted by Gasteiger charge is -2.33. The van der Waals surface area contributed by atoms with E-state index in [1.165, 1.54) is 225 Å². The van der Waals surface area contributed by atoms with Gasteiger partial charge >= 0.3 is 0 Å².